The van der Waals surface area contributed by atoms with Crippen LogP contribution in [0.5, 0.6) is 0 Å². The quantitative estimate of drug-likeness (QED) is 0.353. The van der Waals surface area contributed by atoms with Crippen LogP contribution in [0.2, 0.25) is 0 Å². The van der Waals surface area contributed by atoms with Crippen LogP contribution in [0.15, 0.2) is 54.6 Å². The standard InChI is InChI=1S/C19H20N2O6S/c22-18(23)17(20-19(24)27-12-14-5-2-1-3-6-14)9-10-28-13-15-7-4-8-16(11-15)21(25)26/h1-8,11,17H,9-10,12-13H2,(H,20,24)(H,22,23). The highest BCUT2D eigenvalue weighted by Crippen LogP contribution is 2.19. The maximum absolute atomic E-state index is 11.8. The zero-order chi connectivity index (χ0) is 20.4. The van der Waals surface area contributed by atoms with Crippen molar-refractivity contribution >= 4 is 29.5 Å². The van der Waals surface area contributed by atoms with Gasteiger partial charge < -0.3 is 15.2 Å². The Morgan fingerprint density at radius 2 is 1.86 bits per heavy atom. The fraction of sp³-hybridized carbons (Fsp3) is 0.263. The average molecular weight is 404 g/mol. The van der Waals surface area contributed by atoms with E-state index in [9.17, 15) is 24.8 Å². The minimum atomic E-state index is -1.15. The van der Waals surface area contributed by atoms with Gasteiger partial charge in [0.15, 0.2) is 0 Å². The number of rotatable bonds is 10. The van der Waals surface area contributed by atoms with Gasteiger partial charge in [0.1, 0.15) is 12.6 Å². The summed E-state index contributed by atoms with van der Waals surface area (Å²) in [4.78, 5) is 33.5. The van der Waals surface area contributed by atoms with E-state index in [1.165, 1.54) is 23.9 Å². The molecule has 0 saturated carbocycles. The van der Waals surface area contributed by atoms with E-state index >= 15 is 0 Å². The van der Waals surface area contributed by atoms with Crippen molar-refractivity contribution in [1.82, 2.24) is 5.32 Å². The smallest absolute Gasteiger partial charge is 0.408 e. The summed E-state index contributed by atoms with van der Waals surface area (Å²) in [6, 6.07) is 14.3. The molecule has 0 aliphatic carbocycles. The van der Waals surface area contributed by atoms with Crippen LogP contribution in [-0.2, 0) is 21.9 Å². The van der Waals surface area contributed by atoms with Crippen molar-refractivity contribution in [3.63, 3.8) is 0 Å². The van der Waals surface area contributed by atoms with E-state index in [0.29, 0.717) is 11.5 Å². The lowest BCUT2D eigenvalue weighted by molar-refractivity contribution is -0.384. The van der Waals surface area contributed by atoms with Crippen LogP contribution < -0.4 is 5.32 Å². The summed E-state index contributed by atoms with van der Waals surface area (Å²) in [6.45, 7) is 0.0561. The molecule has 0 aliphatic rings. The van der Waals surface area contributed by atoms with Crippen molar-refractivity contribution < 1.29 is 24.4 Å². The second-order valence-electron chi connectivity index (χ2n) is 5.87. The number of thioether (sulfide) groups is 1. The summed E-state index contributed by atoms with van der Waals surface area (Å²) < 4.78 is 5.04. The topological polar surface area (TPSA) is 119 Å². The first-order valence-corrected chi connectivity index (χ1v) is 9.62. The third-order valence-corrected chi connectivity index (χ3v) is 4.81. The largest absolute Gasteiger partial charge is 0.480 e. The fourth-order valence-corrected chi connectivity index (χ4v) is 3.28. The average Bonchev–Trinajstić information content (AvgIpc) is 2.69. The van der Waals surface area contributed by atoms with Gasteiger partial charge in [0, 0.05) is 17.9 Å². The number of ether oxygens (including phenoxy) is 1. The number of aliphatic carboxylic acids is 1. The molecule has 0 heterocycles. The molecule has 0 aromatic heterocycles. The molecule has 148 valence electrons. The van der Waals surface area contributed by atoms with Gasteiger partial charge in [0.2, 0.25) is 0 Å². The highest BCUT2D eigenvalue weighted by atomic mass is 32.2. The van der Waals surface area contributed by atoms with Crippen LogP contribution in [0, 0.1) is 10.1 Å². The van der Waals surface area contributed by atoms with Crippen molar-refractivity contribution in [3.8, 4) is 0 Å². The molecule has 1 unspecified atom stereocenters. The Morgan fingerprint density at radius 3 is 2.54 bits per heavy atom. The number of nitrogens with zero attached hydrogens (tertiary/aromatic N) is 1. The Labute approximate surface area is 166 Å². The lowest BCUT2D eigenvalue weighted by atomic mass is 10.2. The predicted molar refractivity (Wildman–Crippen MR) is 105 cm³/mol. The number of alkyl carbamates (subject to hydrolysis) is 1. The number of nitro benzene ring substituents is 1. The van der Waals surface area contributed by atoms with Crippen molar-refractivity contribution in [1.29, 1.82) is 0 Å². The van der Waals surface area contributed by atoms with Crippen LogP contribution >= 0.6 is 11.8 Å². The monoisotopic (exact) mass is 404 g/mol. The molecule has 0 bridgehead atoms. The van der Waals surface area contributed by atoms with Crippen molar-refractivity contribution in [3.05, 3.63) is 75.8 Å². The molecule has 8 nitrogen and oxygen atoms in total. The summed E-state index contributed by atoms with van der Waals surface area (Å²) in [7, 11) is 0. The van der Waals surface area contributed by atoms with Gasteiger partial charge in [-0.15, -0.1) is 0 Å². The lowest BCUT2D eigenvalue weighted by Gasteiger charge is -2.14. The molecule has 9 heteroatoms. The number of carboxylic acid groups (broad SMARTS) is 1. The van der Waals surface area contributed by atoms with E-state index in [2.05, 4.69) is 5.32 Å². The van der Waals surface area contributed by atoms with Crippen LogP contribution in [0.1, 0.15) is 17.5 Å². The third kappa shape index (κ3) is 7.28. The van der Waals surface area contributed by atoms with Gasteiger partial charge in [-0.1, -0.05) is 42.5 Å². The van der Waals surface area contributed by atoms with Gasteiger partial charge in [-0.25, -0.2) is 9.59 Å². The van der Waals surface area contributed by atoms with E-state index in [0.717, 1.165) is 11.1 Å². The highest BCUT2D eigenvalue weighted by Gasteiger charge is 2.20. The fourth-order valence-electron chi connectivity index (χ4n) is 2.32. The third-order valence-electron chi connectivity index (χ3n) is 3.74. The van der Waals surface area contributed by atoms with Crippen LogP contribution in [0.3, 0.4) is 0 Å². The number of carbonyl (C=O) groups is 2. The number of hydrogen-bond donors (Lipinski definition) is 2. The van der Waals surface area contributed by atoms with Gasteiger partial charge >= 0.3 is 12.1 Å². The van der Waals surface area contributed by atoms with Crippen LogP contribution in [0.4, 0.5) is 10.5 Å². The second-order valence-corrected chi connectivity index (χ2v) is 6.97. The minimum absolute atomic E-state index is 0.0179. The molecule has 2 aromatic rings. The number of amides is 1. The lowest BCUT2D eigenvalue weighted by Crippen LogP contribution is -2.41. The Hall–Kier alpha value is -3.07. The normalized spacial score (nSPS) is 11.4. The van der Waals surface area contributed by atoms with E-state index in [-0.39, 0.29) is 18.7 Å². The van der Waals surface area contributed by atoms with Crippen molar-refractivity contribution in [2.75, 3.05) is 5.75 Å². The zero-order valence-electron chi connectivity index (χ0n) is 14.9. The molecule has 1 amide bonds. The molecule has 0 saturated heterocycles. The summed E-state index contributed by atoms with van der Waals surface area (Å²) in [5.41, 5.74) is 1.60. The number of hydrogen-bond acceptors (Lipinski definition) is 6. The van der Waals surface area contributed by atoms with Crippen LogP contribution in [0.25, 0.3) is 0 Å². The molecule has 0 aliphatic heterocycles. The highest BCUT2D eigenvalue weighted by molar-refractivity contribution is 7.98. The number of carbonyl (C=O) groups excluding carboxylic acids is 1. The summed E-state index contributed by atoms with van der Waals surface area (Å²) >= 11 is 1.43. The molecule has 0 fully saturated rings. The molecule has 0 radical (unpaired) electrons. The zero-order valence-corrected chi connectivity index (χ0v) is 15.8. The second kappa shape index (κ2) is 10.9. The van der Waals surface area contributed by atoms with E-state index in [1.807, 2.05) is 18.2 Å². The maximum Gasteiger partial charge on any atom is 0.408 e. The molecule has 1 atom stereocenters. The number of non-ortho nitro benzene ring substituents is 1. The molecule has 28 heavy (non-hydrogen) atoms. The van der Waals surface area contributed by atoms with E-state index in [1.54, 1.807) is 24.3 Å². The van der Waals surface area contributed by atoms with Gasteiger partial charge in [0.25, 0.3) is 5.69 Å². The molecular formula is C19H20N2O6S. The molecule has 2 rings (SSSR count). The summed E-state index contributed by atoms with van der Waals surface area (Å²) in [5, 5.41) is 22.4. The van der Waals surface area contributed by atoms with Gasteiger partial charge in [-0.3, -0.25) is 10.1 Å². The Kier molecular flexibility index (Phi) is 8.29. The van der Waals surface area contributed by atoms with Gasteiger partial charge in [-0.05, 0) is 23.3 Å². The SMILES string of the molecule is O=C(NC(CCSCc1cccc([N+](=O)[O-])c1)C(=O)O)OCc1ccccc1. The Morgan fingerprint density at radius 1 is 1.14 bits per heavy atom. The number of benzene rings is 2. The summed E-state index contributed by atoms with van der Waals surface area (Å²) in [5.74, 6) is -0.182. The maximum atomic E-state index is 11.8. The van der Waals surface area contributed by atoms with E-state index < -0.39 is 23.0 Å². The molecular weight excluding hydrogens is 384 g/mol. The molecule has 2 aromatic carbocycles. The minimum Gasteiger partial charge on any atom is -0.480 e. The number of carboxylic acids is 1. The number of nitrogens with one attached hydrogen (secondary N) is 1. The van der Waals surface area contributed by atoms with Crippen molar-refractivity contribution in [2.24, 2.45) is 0 Å². The summed E-state index contributed by atoms with van der Waals surface area (Å²) in [6.07, 6.45) is -0.588. The molecule has 0 spiro atoms. The first-order valence-electron chi connectivity index (χ1n) is 8.47. The van der Waals surface area contributed by atoms with Gasteiger partial charge in [0.05, 0.1) is 4.92 Å². The number of nitro groups is 1. The predicted octanol–water partition coefficient (Wildman–Crippen LogP) is 3.60. The molecule has 2 N–H and O–H groups in total. The first kappa shape index (κ1) is 21.2. The Bertz CT molecular complexity index is 815. The van der Waals surface area contributed by atoms with Crippen LogP contribution in [-0.4, -0.2) is 33.9 Å². The van der Waals surface area contributed by atoms with E-state index in [4.69, 9.17) is 4.74 Å². The van der Waals surface area contributed by atoms with Crippen molar-refractivity contribution in [2.45, 2.75) is 24.8 Å². The Balaban J connectivity index is 1.75. The first-order chi connectivity index (χ1) is 13.5. The van der Waals surface area contributed by atoms with Gasteiger partial charge in [-0.2, -0.15) is 11.8 Å².